The summed E-state index contributed by atoms with van der Waals surface area (Å²) in [5.41, 5.74) is 1.38. The van der Waals surface area contributed by atoms with E-state index < -0.39 is 0 Å². The molecular formula is C17H10Cl2N2O. The van der Waals surface area contributed by atoms with Crippen LogP contribution in [0.3, 0.4) is 0 Å². The molecule has 0 N–H and O–H groups in total. The van der Waals surface area contributed by atoms with Gasteiger partial charge in [-0.05, 0) is 35.9 Å². The van der Waals surface area contributed by atoms with E-state index in [2.05, 4.69) is 6.07 Å². The van der Waals surface area contributed by atoms with Crippen LogP contribution in [0.4, 0.5) is 0 Å². The number of fused-ring (bicyclic) bond motifs is 1. The normalized spacial score (nSPS) is 10.6. The van der Waals surface area contributed by atoms with Crippen LogP contribution in [0.1, 0.15) is 11.1 Å². The molecule has 5 heteroatoms. The van der Waals surface area contributed by atoms with Crippen molar-refractivity contribution in [3.05, 3.63) is 80.2 Å². The van der Waals surface area contributed by atoms with Crippen molar-refractivity contribution in [3.63, 3.8) is 0 Å². The molecule has 3 nitrogen and oxygen atoms in total. The Balaban J connectivity index is 2.06. The zero-order valence-corrected chi connectivity index (χ0v) is 12.9. The quantitative estimate of drug-likeness (QED) is 0.706. The van der Waals surface area contributed by atoms with E-state index in [0.29, 0.717) is 32.9 Å². The molecule has 22 heavy (non-hydrogen) atoms. The minimum absolute atomic E-state index is 0.147. The lowest BCUT2D eigenvalue weighted by Gasteiger charge is -2.09. The average Bonchev–Trinajstić information content (AvgIpc) is 2.51. The Morgan fingerprint density at radius 1 is 1.05 bits per heavy atom. The molecule has 0 atom stereocenters. The first kappa shape index (κ1) is 14.6. The van der Waals surface area contributed by atoms with Crippen molar-refractivity contribution in [2.75, 3.05) is 0 Å². The van der Waals surface area contributed by atoms with Crippen molar-refractivity contribution in [2.24, 2.45) is 0 Å². The van der Waals surface area contributed by atoms with Crippen LogP contribution in [-0.2, 0) is 6.54 Å². The molecule has 0 aliphatic carbocycles. The number of nitriles is 1. The first-order valence-electron chi connectivity index (χ1n) is 6.56. The fraction of sp³-hybridized carbons (Fsp3) is 0.0588. The molecule has 108 valence electrons. The number of hydrogen-bond donors (Lipinski definition) is 0. The monoisotopic (exact) mass is 328 g/mol. The van der Waals surface area contributed by atoms with Gasteiger partial charge in [-0.1, -0.05) is 35.3 Å². The lowest BCUT2D eigenvalue weighted by molar-refractivity contribution is 0.768. The lowest BCUT2D eigenvalue weighted by Crippen LogP contribution is -2.20. The third-order valence-corrected chi connectivity index (χ3v) is 3.97. The van der Waals surface area contributed by atoms with Crippen molar-refractivity contribution in [3.8, 4) is 6.07 Å². The summed E-state index contributed by atoms with van der Waals surface area (Å²) in [6.45, 7) is 0.421. The Hall–Kier alpha value is -2.28. The highest BCUT2D eigenvalue weighted by molar-refractivity contribution is 6.38. The molecule has 0 radical (unpaired) electrons. The second kappa shape index (κ2) is 5.84. The van der Waals surface area contributed by atoms with Gasteiger partial charge in [0, 0.05) is 16.6 Å². The minimum Gasteiger partial charge on any atom is -0.311 e. The highest BCUT2D eigenvalue weighted by atomic mass is 35.5. The topological polar surface area (TPSA) is 45.8 Å². The standard InChI is InChI=1S/C17H10Cl2N2O/c18-13-7-15-14(16(19)8-13)5-6-21(17(15)22)10-12-3-1-11(9-20)2-4-12/h1-8H,10H2. The number of benzene rings is 2. The van der Waals surface area contributed by atoms with Gasteiger partial charge in [0.05, 0.1) is 28.6 Å². The van der Waals surface area contributed by atoms with Gasteiger partial charge in [-0.25, -0.2) is 0 Å². The summed E-state index contributed by atoms with van der Waals surface area (Å²) in [6, 6.07) is 14.2. The van der Waals surface area contributed by atoms with Crippen molar-refractivity contribution < 1.29 is 0 Å². The zero-order chi connectivity index (χ0) is 15.7. The van der Waals surface area contributed by atoms with Crippen LogP contribution in [0.25, 0.3) is 10.8 Å². The van der Waals surface area contributed by atoms with Crippen molar-refractivity contribution in [2.45, 2.75) is 6.54 Å². The number of hydrogen-bond acceptors (Lipinski definition) is 2. The molecule has 0 fully saturated rings. The maximum Gasteiger partial charge on any atom is 0.258 e. The first-order chi connectivity index (χ1) is 10.6. The molecule has 3 rings (SSSR count). The highest BCUT2D eigenvalue weighted by Gasteiger charge is 2.08. The van der Waals surface area contributed by atoms with E-state index in [1.54, 1.807) is 41.1 Å². The Morgan fingerprint density at radius 3 is 2.45 bits per heavy atom. The summed E-state index contributed by atoms with van der Waals surface area (Å²) in [5.74, 6) is 0. The van der Waals surface area contributed by atoms with Crippen LogP contribution in [0.2, 0.25) is 10.0 Å². The third kappa shape index (κ3) is 2.71. The van der Waals surface area contributed by atoms with Crippen LogP contribution >= 0.6 is 23.2 Å². The van der Waals surface area contributed by atoms with Gasteiger partial charge in [0.15, 0.2) is 0 Å². The van der Waals surface area contributed by atoms with Crippen molar-refractivity contribution in [1.82, 2.24) is 4.57 Å². The van der Waals surface area contributed by atoms with Crippen molar-refractivity contribution in [1.29, 1.82) is 5.26 Å². The van der Waals surface area contributed by atoms with Gasteiger partial charge >= 0.3 is 0 Å². The average molecular weight is 329 g/mol. The van der Waals surface area contributed by atoms with E-state index in [0.717, 1.165) is 5.56 Å². The van der Waals surface area contributed by atoms with Crippen LogP contribution in [0.5, 0.6) is 0 Å². The smallest absolute Gasteiger partial charge is 0.258 e. The molecule has 0 bridgehead atoms. The fourth-order valence-electron chi connectivity index (χ4n) is 2.32. The predicted molar refractivity (Wildman–Crippen MR) is 88.5 cm³/mol. The van der Waals surface area contributed by atoms with E-state index >= 15 is 0 Å². The number of halogens is 2. The Labute approximate surface area is 136 Å². The summed E-state index contributed by atoms with van der Waals surface area (Å²) < 4.78 is 1.59. The number of nitrogens with zero attached hydrogens (tertiary/aromatic N) is 2. The van der Waals surface area contributed by atoms with Crippen LogP contribution in [-0.4, -0.2) is 4.57 Å². The SMILES string of the molecule is N#Cc1ccc(Cn2ccc3c(Cl)cc(Cl)cc3c2=O)cc1. The summed E-state index contributed by atoms with van der Waals surface area (Å²) in [6.07, 6.45) is 1.71. The molecule has 3 aromatic rings. The van der Waals surface area contributed by atoms with Crippen LogP contribution in [0, 0.1) is 11.3 Å². The molecule has 0 saturated carbocycles. The van der Waals surface area contributed by atoms with Gasteiger partial charge < -0.3 is 4.57 Å². The van der Waals surface area contributed by atoms with Crippen LogP contribution < -0.4 is 5.56 Å². The maximum atomic E-state index is 12.6. The number of rotatable bonds is 2. The van der Waals surface area contributed by atoms with Crippen molar-refractivity contribution >= 4 is 34.0 Å². The van der Waals surface area contributed by atoms with E-state index in [9.17, 15) is 4.79 Å². The van der Waals surface area contributed by atoms with Crippen LogP contribution in [0.15, 0.2) is 53.5 Å². The molecule has 1 aromatic heterocycles. The minimum atomic E-state index is -0.147. The Kier molecular flexibility index (Phi) is 3.89. The van der Waals surface area contributed by atoms with E-state index in [-0.39, 0.29) is 5.56 Å². The Morgan fingerprint density at radius 2 is 1.77 bits per heavy atom. The second-order valence-electron chi connectivity index (χ2n) is 4.91. The molecular weight excluding hydrogens is 319 g/mol. The van der Waals surface area contributed by atoms with Gasteiger partial charge in [-0.3, -0.25) is 4.79 Å². The maximum absolute atomic E-state index is 12.6. The van der Waals surface area contributed by atoms with Gasteiger partial charge in [0.1, 0.15) is 0 Å². The summed E-state index contributed by atoms with van der Waals surface area (Å²) in [5, 5.41) is 10.9. The fourth-order valence-corrected chi connectivity index (χ4v) is 2.88. The summed E-state index contributed by atoms with van der Waals surface area (Å²) in [4.78, 5) is 12.6. The molecule has 0 aliphatic heterocycles. The van der Waals surface area contributed by atoms with Gasteiger partial charge in [0.2, 0.25) is 0 Å². The molecule has 1 heterocycles. The Bertz CT molecular complexity index is 953. The first-order valence-corrected chi connectivity index (χ1v) is 7.31. The number of aromatic nitrogens is 1. The number of pyridine rings is 1. The van der Waals surface area contributed by atoms with Gasteiger partial charge in [0.25, 0.3) is 5.56 Å². The van der Waals surface area contributed by atoms with Gasteiger partial charge in [-0.15, -0.1) is 0 Å². The van der Waals surface area contributed by atoms with Gasteiger partial charge in [-0.2, -0.15) is 5.26 Å². The molecule has 0 amide bonds. The lowest BCUT2D eigenvalue weighted by atomic mass is 10.1. The molecule has 0 aliphatic rings. The molecule has 0 unspecified atom stereocenters. The van der Waals surface area contributed by atoms with E-state index in [1.807, 2.05) is 12.1 Å². The van der Waals surface area contributed by atoms with E-state index in [1.165, 1.54) is 0 Å². The summed E-state index contributed by atoms with van der Waals surface area (Å²) in [7, 11) is 0. The molecule has 2 aromatic carbocycles. The second-order valence-corrected chi connectivity index (χ2v) is 5.75. The largest absolute Gasteiger partial charge is 0.311 e. The molecule has 0 saturated heterocycles. The zero-order valence-electron chi connectivity index (χ0n) is 11.4. The third-order valence-electron chi connectivity index (χ3n) is 3.44. The van der Waals surface area contributed by atoms with E-state index in [4.69, 9.17) is 28.5 Å². The highest BCUT2D eigenvalue weighted by Crippen LogP contribution is 2.25. The molecule has 0 spiro atoms. The predicted octanol–water partition coefficient (Wildman–Crippen LogP) is 4.23. The summed E-state index contributed by atoms with van der Waals surface area (Å²) >= 11 is 12.1.